The Hall–Kier alpha value is -0.220. The molecule has 0 aliphatic heterocycles. The highest BCUT2D eigenvalue weighted by Gasteiger charge is 2.56. The summed E-state index contributed by atoms with van der Waals surface area (Å²) < 4.78 is 25.7. The number of hydrogen-bond acceptors (Lipinski definition) is 2. The Labute approximate surface area is 64.4 Å². The maximum absolute atomic E-state index is 12.8. The molecule has 1 unspecified atom stereocenters. The van der Waals surface area contributed by atoms with Gasteiger partial charge in [0.2, 0.25) is 0 Å². The van der Waals surface area contributed by atoms with Gasteiger partial charge in [0.25, 0.3) is 5.92 Å². The zero-order valence-electron chi connectivity index (χ0n) is 6.48. The molecule has 1 fully saturated rings. The molecule has 1 saturated carbocycles. The van der Waals surface area contributed by atoms with Crippen LogP contribution in [0.5, 0.6) is 0 Å². The number of alkyl halides is 2. The molecule has 0 aromatic rings. The largest absolute Gasteiger partial charge is 0.384 e. The van der Waals surface area contributed by atoms with Crippen molar-refractivity contribution in [1.29, 1.82) is 0 Å². The van der Waals surface area contributed by atoms with Gasteiger partial charge < -0.3 is 10.8 Å². The average Bonchev–Trinajstić information content (AvgIpc) is 2.68. The number of halogens is 2. The van der Waals surface area contributed by atoms with Crippen LogP contribution in [0.15, 0.2) is 0 Å². The number of nitrogens with two attached hydrogens (primary N) is 1. The molecule has 3 N–H and O–H groups in total. The highest BCUT2D eigenvalue weighted by atomic mass is 19.3. The van der Waals surface area contributed by atoms with Gasteiger partial charge in [0.1, 0.15) is 5.60 Å². The molecule has 0 radical (unpaired) electrons. The number of hydrogen-bond donors (Lipinski definition) is 2. The Bertz CT molecular complexity index is 155. The van der Waals surface area contributed by atoms with Crippen LogP contribution >= 0.6 is 0 Å². The van der Waals surface area contributed by atoms with Gasteiger partial charge in [-0.2, -0.15) is 0 Å². The van der Waals surface area contributed by atoms with E-state index >= 15 is 0 Å². The van der Waals surface area contributed by atoms with E-state index in [0.29, 0.717) is 12.8 Å². The lowest BCUT2D eigenvalue weighted by molar-refractivity contribution is -0.175. The molecule has 4 heteroatoms. The summed E-state index contributed by atoms with van der Waals surface area (Å²) in [6.45, 7) is 0.383. The molecular formula is C7H13F2NO. The van der Waals surface area contributed by atoms with Crippen molar-refractivity contribution in [1.82, 2.24) is 0 Å². The van der Waals surface area contributed by atoms with E-state index in [-0.39, 0.29) is 5.92 Å². The Morgan fingerprint density at radius 3 is 2.27 bits per heavy atom. The molecule has 0 bridgehead atoms. The predicted molar refractivity (Wildman–Crippen MR) is 37.3 cm³/mol. The van der Waals surface area contributed by atoms with E-state index in [1.54, 1.807) is 0 Å². The first-order valence-corrected chi connectivity index (χ1v) is 3.72. The summed E-state index contributed by atoms with van der Waals surface area (Å²) in [5, 5.41) is 9.35. The Morgan fingerprint density at radius 2 is 2.00 bits per heavy atom. The zero-order chi connectivity index (χ0) is 8.70. The predicted octanol–water partition coefficient (Wildman–Crippen LogP) is 0.741. The molecule has 0 spiro atoms. The van der Waals surface area contributed by atoms with E-state index in [1.807, 2.05) is 0 Å². The molecule has 66 valence electrons. The minimum absolute atomic E-state index is 0.263. The topological polar surface area (TPSA) is 46.2 Å². The monoisotopic (exact) mass is 165 g/mol. The minimum atomic E-state index is -3.14. The van der Waals surface area contributed by atoms with Crippen molar-refractivity contribution in [3.8, 4) is 0 Å². The van der Waals surface area contributed by atoms with E-state index in [0.717, 1.165) is 6.92 Å². The molecule has 0 heterocycles. The van der Waals surface area contributed by atoms with E-state index in [2.05, 4.69) is 0 Å². The number of aliphatic hydroxyl groups is 1. The highest BCUT2D eigenvalue weighted by molar-refractivity contribution is 5.01. The van der Waals surface area contributed by atoms with Gasteiger partial charge in [-0.25, -0.2) is 8.78 Å². The van der Waals surface area contributed by atoms with Crippen LogP contribution in [-0.2, 0) is 0 Å². The van der Waals surface area contributed by atoms with Crippen molar-refractivity contribution < 1.29 is 13.9 Å². The molecule has 0 aromatic heterocycles. The third kappa shape index (κ3) is 1.37. The first-order chi connectivity index (χ1) is 4.92. The van der Waals surface area contributed by atoms with Gasteiger partial charge in [0.15, 0.2) is 0 Å². The van der Waals surface area contributed by atoms with E-state index in [1.165, 1.54) is 0 Å². The van der Waals surface area contributed by atoms with Gasteiger partial charge in [-0.3, -0.25) is 0 Å². The van der Waals surface area contributed by atoms with Gasteiger partial charge in [0, 0.05) is 0 Å². The highest BCUT2D eigenvalue weighted by Crippen LogP contribution is 2.46. The first-order valence-electron chi connectivity index (χ1n) is 3.72. The third-order valence-corrected chi connectivity index (χ3v) is 2.37. The van der Waals surface area contributed by atoms with Crippen molar-refractivity contribution in [3.63, 3.8) is 0 Å². The molecule has 1 atom stereocenters. The lowest BCUT2D eigenvalue weighted by atomic mass is 9.92. The summed E-state index contributed by atoms with van der Waals surface area (Å²) in [7, 11) is 0. The molecule has 2 nitrogen and oxygen atoms in total. The van der Waals surface area contributed by atoms with Crippen LogP contribution in [0.25, 0.3) is 0 Å². The van der Waals surface area contributed by atoms with Crippen LogP contribution in [-0.4, -0.2) is 23.2 Å². The van der Waals surface area contributed by atoms with Gasteiger partial charge in [-0.1, -0.05) is 0 Å². The van der Waals surface area contributed by atoms with Gasteiger partial charge in [-0.15, -0.1) is 0 Å². The van der Waals surface area contributed by atoms with E-state index < -0.39 is 18.1 Å². The van der Waals surface area contributed by atoms with Crippen LogP contribution in [0, 0.1) is 5.92 Å². The summed E-state index contributed by atoms with van der Waals surface area (Å²) in [4.78, 5) is 0. The van der Waals surface area contributed by atoms with Crippen molar-refractivity contribution in [2.75, 3.05) is 6.54 Å². The summed E-state index contributed by atoms with van der Waals surface area (Å²) >= 11 is 0. The van der Waals surface area contributed by atoms with E-state index in [4.69, 9.17) is 5.73 Å². The molecule has 1 aliphatic rings. The van der Waals surface area contributed by atoms with Gasteiger partial charge in [-0.05, 0) is 25.7 Å². The fourth-order valence-corrected chi connectivity index (χ4v) is 1.15. The SMILES string of the molecule is CC(O)(C1CC1)C(F)(F)CN. The number of rotatable bonds is 3. The standard InChI is InChI=1S/C7H13F2NO/c1-6(11,5-2-3-5)7(8,9)4-10/h5,11H,2-4,10H2,1H3. The first kappa shape index (κ1) is 8.87. The van der Waals surface area contributed by atoms with Crippen LogP contribution in [0.4, 0.5) is 8.78 Å². The van der Waals surface area contributed by atoms with Crippen molar-refractivity contribution in [2.24, 2.45) is 11.7 Å². The molecule has 0 aromatic carbocycles. The third-order valence-electron chi connectivity index (χ3n) is 2.37. The van der Waals surface area contributed by atoms with Crippen molar-refractivity contribution in [3.05, 3.63) is 0 Å². The summed E-state index contributed by atoms with van der Waals surface area (Å²) in [6, 6.07) is 0. The van der Waals surface area contributed by atoms with Crippen molar-refractivity contribution in [2.45, 2.75) is 31.3 Å². The van der Waals surface area contributed by atoms with E-state index in [9.17, 15) is 13.9 Å². The maximum Gasteiger partial charge on any atom is 0.288 e. The lowest BCUT2D eigenvalue weighted by Crippen LogP contribution is -2.51. The quantitative estimate of drug-likeness (QED) is 0.648. The minimum Gasteiger partial charge on any atom is -0.384 e. The summed E-state index contributed by atoms with van der Waals surface area (Å²) in [5.41, 5.74) is 2.95. The Kier molecular flexibility index (Phi) is 1.92. The van der Waals surface area contributed by atoms with Crippen molar-refractivity contribution >= 4 is 0 Å². The van der Waals surface area contributed by atoms with Crippen LogP contribution < -0.4 is 5.73 Å². The molecule has 0 saturated heterocycles. The summed E-state index contributed by atoms with van der Waals surface area (Å²) in [5.74, 6) is -3.41. The van der Waals surface area contributed by atoms with Gasteiger partial charge >= 0.3 is 0 Å². The molecule has 1 aliphatic carbocycles. The zero-order valence-corrected chi connectivity index (χ0v) is 6.48. The average molecular weight is 165 g/mol. The maximum atomic E-state index is 12.8. The smallest absolute Gasteiger partial charge is 0.288 e. The van der Waals surface area contributed by atoms with Crippen LogP contribution in [0.1, 0.15) is 19.8 Å². The fraction of sp³-hybridized carbons (Fsp3) is 1.00. The molecular weight excluding hydrogens is 152 g/mol. The molecule has 0 amide bonds. The van der Waals surface area contributed by atoms with Crippen LogP contribution in [0.3, 0.4) is 0 Å². The fourth-order valence-electron chi connectivity index (χ4n) is 1.15. The Morgan fingerprint density at radius 1 is 1.55 bits per heavy atom. The normalized spacial score (nSPS) is 24.8. The Balaban J connectivity index is 2.68. The van der Waals surface area contributed by atoms with Crippen LogP contribution in [0.2, 0.25) is 0 Å². The van der Waals surface area contributed by atoms with Gasteiger partial charge in [0.05, 0.1) is 6.54 Å². The molecule has 1 rings (SSSR count). The molecule has 11 heavy (non-hydrogen) atoms. The lowest BCUT2D eigenvalue weighted by Gasteiger charge is -2.31. The second kappa shape index (κ2) is 2.38. The second-order valence-corrected chi connectivity index (χ2v) is 3.33. The second-order valence-electron chi connectivity index (χ2n) is 3.33. The summed E-state index contributed by atoms with van der Waals surface area (Å²) in [6.07, 6.45) is 1.37.